The number of hydrogen-bond donors (Lipinski definition) is 2. The normalized spacial score (nSPS) is 17.6. The topological polar surface area (TPSA) is 61.6 Å². The van der Waals surface area contributed by atoms with Gasteiger partial charge in [-0.2, -0.15) is 0 Å². The molecule has 1 amide bonds. The maximum absolute atomic E-state index is 11.4. The molecule has 1 aliphatic heterocycles. The van der Waals surface area contributed by atoms with E-state index in [1.807, 2.05) is 12.1 Å². The van der Waals surface area contributed by atoms with Gasteiger partial charge >= 0.3 is 0 Å². The SMILES string of the molecule is CC(C)CN1CCN(Cc2ccc(C(=O)NN)s2)CC1. The molecule has 0 saturated carbocycles. The maximum Gasteiger partial charge on any atom is 0.275 e. The van der Waals surface area contributed by atoms with Crippen LogP contribution in [0, 0.1) is 5.92 Å². The summed E-state index contributed by atoms with van der Waals surface area (Å²) in [6, 6.07) is 3.87. The third kappa shape index (κ3) is 4.28. The van der Waals surface area contributed by atoms with Gasteiger partial charge in [0, 0.05) is 44.1 Å². The smallest absolute Gasteiger partial charge is 0.275 e. The van der Waals surface area contributed by atoms with E-state index in [-0.39, 0.29) is 5.91 Å². The molecule has 20 heavy (non-hydrogen) atoms. The number of nitrogen functional groups attached to an aromatic ring is 1. The van der Waals surface area contributed by atoms with Gasteiger partial charge in [-0.1, -0.05) is 13.8 Å². The van der Waals surface area contributed by atoms with Gasteiger partial charge in [-0.15, -0.1) is 11.3 Å². The van der Waals surface area contributed by atoms with Crippen molar-refractivity contribution in [2.24, 2.45) is 11.8 Å². The standard InChI is InChI=1S/C14H24N4OS/c1-11(2)9-17-5-7-18(8-6-17)10-12-3-4-13(20-12)14(19)16-15/h3-4,11H,5-10,15H2,1-2H3,(H,16,19). The minimum absolute atomic E-state index is 0.206. The van der Waals surface area contributed by atoms with Crippen LogP contribution in [0.3, 0.4) is 0 Å². The Bertz CT molecular complexity index is 438. The van der Waals surface area contributed by atoms with Crippen molar-refractivity contribution < 1.29 is 4.79 Å². The summed E-state index contributed by atoms with van der Waals surface area (Å²) in [5.41, 5.74) is 2.17. The third-order valence-corrected chi connectivity index (χ3v) is 4.55. The van der Waals surface area contributed by atoms with Gasteiger partial charge in [0.15, 0.2) is 0 Å². The first-order chi connectivity index (χ1) is 9.58. The molecule has 6 heteroatoms. The zero-order valence-electron chi connectivity index (χ0n) is 12.3. The van der Waals surface area contributed by atoms with Crippen LogP contribution >= 0.6 is 11.3 Å². The molecular formula is C14H24N4OS. The van der Waals surface area contributed by atoms with Crippen LogP contribution in [0.1, 0.15) is 28.4 Å². The second kappa shape index (κ2) is 7.17. The van der Waals surface area contributed by atoms with Crippen molar-refractivity contribution in [2.75, 3.05) is 32.7 Å². The molecule has 1 aromatic rings. The predicted molar refractivity (Wildman–Crippen MR) is 82.5 cm³/mol. The number of amides is 1. The van der Waals surface area contributed by atoms with Gasteiger partial charge in [0.1, 0.15) is 0 Å². The predicted octanol–water partition coefficient (Wildman–Crippen LogP) is 1.13. The van der Waals surface area contributed by atoms with Gasteiger partial charge in [0.25, 0.3) is 5.91 Å². The molecule has 0 aromatic carbocycles. The number of carbonyl (C=O) groups is 1. The van der Waals surface area contributed by atoms with Gasteiger partial charge in [-0.3, -0.25) is 15.1 Å². The fraction of sp³-hybridized carbons (Fsp3) is 0.643. The Morgan fingerprint density at radius 1 is 1.30 bits per heavy atom. The van der Waals surface area contributed by atoms with E-state index in [1.165, 1.54) is 22.8 Å². The zero-order valence-corrected chi connectivity index (χ0v) is 13.1. The van der Waals surface area contributed by atoms with Crippen LogP contribution < -0.4 is 11.3 Å². The second-order valence-electron chi connectivity index (χ2n) is 5.71. The molecule has 0 unspecified atom stereocenters. The number of hydrazine groups is 1. The van der Waals surface area contributed by atoms with E-state index in [1.54, 1.807) is 0 Å². The van der Waals surface area contributed by atoms with Crippen LogP contribution in [-0.4, -0.2) is 48.4 Å². The summed E-state index contributed by atoms with van der Waals surface area (Å²) in [5.74, 6) is 5.67. The van der Waals surface area contributed by atoms with Crippen LogP contribution in [0.2, 0.25) is 0 Å². The molecule has 0 spiro atoms. The molecule has 1 aromatic heterocycles. The monoisotopic (exact) mass is 296 g/mol. The molecule has 112 valence electrons. The number of thiophene rings is 1. The van der Waals surface area contributed by atoms with E-state index in [4.69, 9.17) is 5.84 Å². The number of piperazine rings is 1. The molecule has 1 aliphatic rings. The summed E-state index contributed by atoms with van der Waals surface area (Å²) < 4.78 is 0. The van der Waals surface area contributed by atoms with Crippen LogP contribution in [0.5, 0.6) is 0 Å². The second-order valence-corrected chi connectivity index (χ2v) is 6.88. The maximum atomic E-state index is 11.4. The molecule has 0 radical (unpaired) electrons. The van der Waals surface area contributed by atoms with E-state index in [2.05, 4.69) is 29.1 Å². The van der Waals surface area contributed by atoms with Gasteiger partial charge in [0.05, 0.1) is 4.88 Å². The lowest BCUT2D eigenvalue weighted by Gasteiger charge is -2.35. The largest absolute Gasteiger partial charge is 0.301 e. The van der Waals surface area contributed by atoms with E-state index >= 15 is 0 Å². The van der Waals surface area contributed by atoms with Gasteiger partial charge in [-0.25, -0.2) is 5.84 Å². The molecule has 2 rings (SSSR count). The average Bonchev–Trinajstić information content (AvgIpc) is 2.88. The lowest BCUT2D eigenvalue weighted by Crippen LogP contribution is -2.46. The van der Waals surface area contributed by atoms with Gasteiger partial charge in [0.2, 0.25) is 0 Å². The van der Waals surface area contributed by atoms with Crippen LogP contribution in [0.4, 0.5) is 0 Å². The van der Waals surface area contributed by atoms with Crippen molar-refractivity contribution in [3.05, 3.63) is 21.9 Å². The summed E-state index contributed by atoms with van der Waals surface area (Å²) in [4.78, 5) is 18.3. The molecule has 1 fully saturated rings. The highest BCUT2D eigenvalue weighted by molar-refractivity contribution is 7.14. The van der Waals surface area contributed by atoms with Crippen LogP contribution in [0.25, 0.3) is 0 Å². The quantitative estimate of drug-likeness (QED) is 0.486. The van der Waals surface area contributed by atoms with Crippen LogP contribution in [0.15, 0.2) is 12.1 Å². The summed E-state index contributed by atoms with van der Waals surface area (Å²) in [6.07, 6.45) is 0. The Morgan fingerprint density at radius 2 is 1.95 bits per heavy atom. The number of nitrogens with one attached hydrogen (secondary N) is 1. The first-order valence-electron chi connectivity index (χ1n) is 7.13. The molecular weight excluding hydrogens is 272 g/mol. The highest BCUT2D eigenvalue weighted by Crippen LogP contribution is 2.19. The zero-order chi connectivity index (χ0) is 14.5. The molecule has 1 saturated heterocycles. The first kappa shape index (κ1) is 15.4. The lowest BCUT2D eigenvalue weighted by atomic mass is 10.2. The van der Waals surface area contributed by atoms with Crippen molar-refractivity contribution >= 4 is 17.2 Å². The van der Waals surface area contributed by atoms with E-state index in [0.29, 0.717) is 4.88 Å². The minimum Gasteiger partial charge on any atom is -0.301 e. The minimum atomic E-state index is -0.206. The fourth-order valence-electron chi connectivity index (χ4n) is 2.52. The van der Waals surface area contributed by atoms with E-state index < -0.39 is 0 Å². The molecule has 0 atom stereocenters. The number of carbonyl (C=O) groups excluding carboxylic acids is 1. The van der Waals surface area contributed by atoms with E-state index in [9.17, 15) is 4.79 Å². The number of hydrogen-bond acceptors (Lipinski definition) is 5. The summed E-state index contributed by atoms with van der Waals surface area (Å²) >= 11 is 1.52. The average molecular weight is 296 g/mol. The third-order valence-electron chi connectivity index (χ3n) is 3.48. The summed E-state index contributed by atoms with van der Waals surface area (Å²) in [6.45, 7) is 11.1. The van der Waals surface area contributed by atoms with Crippen molar-refractivity contribution in [1.82, 2.24) is 15.2 Å². The first-order valence-corrected chi connectivity index (χ1v) is 7.94. The van der Waals surface area contributed by atoms with Crippen molar-refractivity contribution in [2.45, 2.75) is 20.4 Å². The Kier molecular flexibility index (Phi) is 5.54. The number of nitrogens with two attached hydrogens (primary N) is 1. The Hall–Kier alpha value is -0.950. The highest BCUT2D eigenvalue weighted by Gasteiger charge is 2.18. The Labute approximate surface area is 124 Å². The molecule has 2 heterocycles. The van der Waals surface area contributed by atoms with Crippen molar-refractivity contribution in [1.29, 1.82) is 0 Å². The molecule has 5 nitrogen and oxygen atoms in total. The molecule has 3 N–H and O–H groups in total. The number of rotatable bonds is 5. The van der Waals surface area contributed by atoms with Crippen molar-refractivity contribution in [3.63, 3.8) is 0 Å². The number of nitrogens with zero attached hydrogens (tertiary/aromatic N) is 2. The van der Waals surface area contributed by atoms with Gasteiger partial charge < -0.3 is 4.90 Å². The van der Waals surface area contributed by atoms with Crippen molar-refractivity contribution in [3.8, 4) is 0 Å². The molecule has 0 aliphatic carbocycles. The van der Waals surface area contributed by atoms with Gasteiger partial charge in [-0.05, 0) is 18.1 Å². The fourth-order valence-corrected chi connectivity index (χ4v) is 3.48. The Balaban J connectivity index is 1.80. The highest BCUT2D eigenvalue weighted by atomic mass is 32.1. The summed E-state index contributed by atoms with van der Waals surface area (Å²) in [5, 5.41) is 0. The van der Waals surface area contributed by atoms with E-state index in [0.717, 1.165) is 38.6 Å². The van der Waals surface area contributed by atoms with Crippen LogP contribution in [-0.2, 0) is 6.54 Å². The lowest BCUT2D eigenvalue weighted by molar-refractivity contribution is 0.0957. The Morgan fingerprint density at radius 3 is 2.55 bits per heavy atom. The molecule has 0 bridgehead atoms. The summed E-state index contributed by atoms with van der Waals surface area (Å²) in [7, 11) is 0.